The SMILES string of the molecule is C1=C[PH2+]C=C1.[C-]#[O+].[C-]#[O+].[C-]#[O+].[C-]#[O+].[C-]#[O+].[W]. The first-order valence-electron chi connectivity index (χ1n) is 2.69. The Morgan fingerprint density at radius 2 is 0.750 bits per heavy atom. The summed E-state index contributed by atoms with van der Waals surface area (Å²) in [6.45, 7) is 22.5. The minimum Gasteiger partial charge on any atom is 0 e. The van der Waals surface area contributed by atoms with Crippen LogP contribution >= 0.6 is 8.58 Å². The molecule has 0 saturated heterocycles. The van der Waals surface area contributed by atoms with E-state index >= 15 is 0 Å². The van der Waals surface area contributed by atoms with Crippen molar-refractivity contribution < 1.29 is 44.3 Å². The summed E-state index contributed by atoms with van der Waals surface area (Å²) < 4.78 is 37.5. The molecule has 16 heavy (non-hydrogen) atoms. The van der Waals surface area contributed by atoms with E-state index in [-0.39, 0.29) is 21.1 Å². The third-order valence-corrected chi connectivity index (χ3v) is 1.44. The van der Waals surface area contributed by atoms with Crippen LogP contribution in [0.15, 0.2) is 23.8 Å². The molecular formula is C9H6O5PW+. The summed E-state index contributed by atoms with van der Waals surface area (Å²) in [5.41, 5.74) is 0. The van der Waals surface area contributed by atoms with E-state index in [2.05, 4.69) is 57.0 Å². The molecule has 5 nitrogen and oxygen atoms in total. The standard InChI is InChI=1S/C4H5P.5CO.W/c1-2-4-5-3-1;5*1-2;/h1-5H;;;;;;/p+1. The van der Waals surface area contributed by atoms with Gasteiger partial charge in [-0.25, -0.2) is 0 Å². The fourth-order valence-corrected chi connectivity index (χ4v) is 0.962. The van der Waals surface area contributed by atoms with Crippen LogP contribution in [-0.2, 0) is 44.3 Å². The van der Waals surface area contributed by atoms with Crippen molar-refractivity contribution in [2.24, 2.45) is 0 Å². The van der Waals surface area contributed by atoms with Crippen LogP contribution in [0.2, 0.25) is 0 Å². The third kappa shape index (κ3) is 109. The molecule has 0 bridgehead atoms. The van der Waals surface area contributed by atoms with Crippen LogP contribution in [0.4, 0.5) is 0 Å². The van der Waals surface area contributed by atoms with Gasteiger partial charge >= 0.3 is 56.5 Å². The molecule has 0 aromatic carbocycles. The molecule has 1 aliphatic rings. The molecule has 0 amide bonds. The smallest absolute Gasteiger partial charge is 0 e. The van der Waals surface area contributed by atoms with Gasteiger partial charge in [0.1, 0.15) is 0 Å². The van der Waals surface area contributed by atoms with Crippen LogP contribution < -0.4 is 0 Å². The molecule has 0 aliphatic carbocycles. The van der Waals surface area contributed by atoms with Crippen LogP contribution in [0.1, 0.15) is 0 Å². The van der Waals surface area contributed by atoms with Crippen molar-refractivity contribution >= 4 is 8.58 Å². The molecule has 7 heteroatoms. The maximum absolute atomic E-state index is 7.50. The molecular weight excluding hydrogens is 403 g/mol. The third-order valence-electron chi connectivity index (χ3n) is 0.556. The average molecular weight is 409 g/mol. The van der Waals surface area contributed by atoms with Gasteiger partial charge in [0.25, 0.3) is 0 Å². The molecule has 82 valence electrons. The van der Waals surface area contributed by atoms with Crippen molar-refractivity contribution in [2.45, 2.75) is 0 Å². The summed E-state index contributed by atoms with van der Waals surface area (Å²) in [5.74, 6) is 4.42. The van der Waals surface area contributed by atoms with Crippen molar-refractivity contribution in [1.29, 1.82) is 0 Å². The predicted molar refractivity (Wildman–Crippen MR) is 47.6 cm³/mol. The molecule has 1 heterocycles. The molecule has 1 aliphatic heterocycles. The van der Waals surface area contributed by atoms with Crippen molar-refractivity contribution in [3.63, 3.8) is 0 Å². The first-order chi connectivity index (χ1) is 7.50. The van der Waals surface area contributed by atoms with Gasteiger partial charge in [0.05, 0.1) is 11.6 Å². The minimum absolute atomic E-state index is 0. The Morgan fingerprint density at radius 3 is 0.812 bits per heavy atom. The van der Waals surface area contributed by atoms with Gasteiger partial charge in [-0.3, -0.25) is 0 Å². The first kappa shape index (κ1) is 36.2. The predicted octanol–water partition coefficient (Wildman–Crippen LogP) is 1.25. The normalized spacial score (nSPS) is 6.12. The molecule has 0 atom stereocenters. The van der Waals surface area contributed by atoms with E-state index < -0.39 is 0 Å². The molecule has 0 radical (unpaired) electrons. The van der Waals surface area contributed by atoms with E-state index in [1.54, 1.807) is 0 Å². The monoisotopic (exact) mass is 409 g/mol. The summed E-state index contributed by atoms with van der Waals surface area (Å²) in [6.07, 6.45) is 4.19. The van der Waals surface area contributed by atoms with E-state index in [0.29, 0.717) is 8.58 Å². The van der Waals surface area contributed by atoms with E-state index in [1.165, 1.54) is 0 Å². The molecule has 0 saturated carbocycles. The van der Waals surface area contributed by atoms with E-state index in [9.17, 15) is 0 Å². The Hall–Kier alpha value is -0.702. The van der Waals surface area contributed by atoms with Crippen LogP contribution in [0.25, 0.3) is 0 Å². The summed E-state index contributed by atoms with van der Waals surface area (Å²) >= 11 is 0. The average Bonchev–Trinajstić information content (AvgIpc) is 3.00. The summed E-state index contributed by atoms with van der Waals surface area (Å²) in [6, 6.07) is 0. The van der Waals surface area contributed by atoms with Crippen LogP contribution in [-0.4, -0.2) is 0 Å². The molecule has 0 spiro atoms. The van der Waals surface area contributed by atoms with Gasteiger partial charge in [-0.05, 0) is 12.2 Å². The Morgan fingerprint density at radius 1 is 0.562 bits per heavy atom. The second-order valence-corrected chi connectivity index (χ2v) is 2.12. The topological polar surface area (TPSA) is 99.5 Å². The maximum atomic E-state index is 7.50. The summed E-state index contributed by atoms with van der Waals surface area (Å²) in [7, 11) is 0.565. The van der Waals surface area contributed by atoms with Gasteiger partial charge in [0.2, 0.25) is 0 Å². The molecule has 0 aromatic heterocycles. The molecule has 0 fully saturated rings. The van der Waals surface area contributed by atoms with Crippen LogP contribution in [0.3, 0.4) is 0 Å². The van der Waals surface area contributed by atoms with Gasteiger partial charge in [-0.2, -0.15) is 0 Å². The number of allylic oxidation sites excluding steroid dienone is 2. The Balaban J connectivity index is -0.0000000203. The van der Waals surface area contributed by atoms with Gasteiger partial charge in [0, 0.05) is 29.6 Å². The van der Waals surface area contributed by atoms with Gasteiger partial charge < -0.3 is 0 Å². The van der Waals surface area contributed by atoms with E-state index in [0.717, 1.165) is 0 Å². The van der Waals surface area contributed by atoms with E-state index in [4.69, 9.17) is 23.3 Å². The number of hydrogen-bond donors (Lipinski definition) is 0. The quantitative estimate of drug-likeness (QED) is 0.327. The largest absolute Gasteiger partial charge is 0 e. The summed E-state index contributed by atoms with van der Waals surface area (Å²) in [5, 5.41) is 0. The second kappa shape index (κ2) is 137. The fraction of sp³-hybridized carbons (Fsp3) is 0. The summed E-state index contributed by atoms with van der Waals surface area (Å²) in [4.78, 5) is 0. The first-order valence-corrected chi connectivity index (χ1v) is 4.02. The molecule has 1 rings (SSSR count). The Labute approximate surface area is 110 Å². The molecule has 0 unspecified atom stereocenters. The number of rotatable bonds is 0. The maximum Gasteiger partial charge on any atom is 0 e. The van der Waals surface area contributed by atoms with Gasteiger partial charge in [-0.1, -0.05) is 0 Å². The number of hydrogen-bond acceptors (Lipinski definition) is 0. The Bertz CT molecular complexity index is 192. The second-order valence-electron chi connectivity index (χ2n) is 0.962. The van der Waals surface area contributed by atoms with Crippen molar-refractivity contribution in [1.82, 2.24) is 0 Å². The van der Waals surface area contributed by atoms with E-state index in [1.807, 2.05) is 0 Å². The molecule has 0 N–H and O–H groups in total. The Kier molecular flexibility index (Phi) is 309. The zero-order chi connectivity index (χ0) is 13.5. The van der Waals surface area contributed by atoms with Crippen molar-refractivity contribution in [3.05, 3.63) is 57.0 Å². The molecule has 0 aromatic rings. The zero-order valence-electron chi connectivity index (χ0n) is 7.84. The van der Waals surface area contributed by atoms with Crippen LogP contribution in [0, 0.1) is 33.3 Å². The van der Waals surface area contributed by atoms with Gasteiger partial charge in [0.15, 0.2) is 0 Å². The fourth-order valence-electron chi connectivity index (χ4n) is 0.321. The van der Waals surface area contributed by atoms with Crippen molar-refractivity contribution in [2.75, 3.05) is 0 Å². The van der Waals surface area contributed by atoms with Gasteiger partial charge in [-0.15, -0.1) is 0 Å². The van der Waals surface area contributed by atoms with Crippen LogP contribution in [0.5, 0.6) is 0 Å². The minimum atomic E-state index is 0. The van der Waals surface area contributed by atoms with Crippen molar-refractivity contribution in [3.8, 4) is 0 Å². The zero-order valence-corrected chi connectivity index (χ0v) is 11.9.